The first kappa shape index (κ1) is 12.8. The molecule has 2 rings (SSSR count). The van der Waals surface area contributed by atoms with E-state index in [1.807, 2.05) is 36.4 Å². The fourth-order valence-corrected chi connectivity index (χ4v) is 2.51. The minimum Gasteiger partial charge on any atom is -0.398 e. The van der Waals surface area contributed by atoms with Crippen LogP contribution in [0.2, 0.25) is 5.02 Å². The van der Waals surface area contributed by atoms with E-state index in [4.69, 9.17) is 22.6 Å². The molecule has 0 spiro atoms. The molecule has 90 valence electrons. The molecule has 0 saturated heterocycles. The minimum absolute atomic E-state index is 0.519. The Bertz CT molecular complexity index is 588. The SMILES string of the molecule is N#Cc1ccc(SCc2ccc(Cl)cc2)cc1N. The van der Waals surface area contributed by atoms with E-state index in [2.05, 4.69) is 6.07 Å². The molecule has 2 aromatic rings. The Morgan fingerprint density at radius 2 is 1.89 bits per heavy atom. The highest BCUT2D eigenvalue weighted by atomic mass is 35.5. The van der Waals surface area contributed by atoms with Crippen LogP contribution in [0.5, 0.6) is 0 Å². The van der Waals surface area contributed by atoms with Crippen LogP contribution in [-0.2, 0) is 5.75 Å². The zero-order valence-electron chi connectivity index (χ0n) is 9.56. The van der Waals surface area contributed by atoms with Crippen LogP contribution in [-0.4, -0.2) is 0 Å². The minimum atomic E-state index is 0.519. The van der Waals surface area contributed by atoms with Crippen molar-refractivity contribution in [2.24, 2.45) is 0 Å². The topological polar surface area (TPSA) is 49.8 Å². The van der Waals surface area contributed by atoms with E-state index in [-0.39, 0.29) is 0 Å². The normalized spacial score (nSPS) is 10.0. The van der Waals surface area contributed by atoms with E-state index < -0.39 is 0 Å². The molecule has 18 heavy (non-hydrogen) atoms. The summed E-state index contributed by atoms with van der Waals surface area (Å²) in [7, 11) is 0. The van der Waals surface area contributed by atoms with Crippen molar-refractivity contribution in [1.82, 2.24) is 0 Å². The number of anilines is 1. The molecule has 0 saturated carbocycles. The van der Waals surface area contributed by atoms with Crippen molar-refractivity contribution in [3.8, 4) is 6.07 Å². The van der Waals surface area contributed by atoms with E-state index in [0.29, 0.717) is 11.3 Å². The van der Waals surface area contributed by atoms with E-state index in [0.717, 1.165) is 15.7 Å². The van der Waals surface area contributed by atoms with E-state index >= 15 is 0 Å². The summed E-state index contributed by atoms with van der Waals surface area (Å²) in [5, 5.41) is 9.54. The Kier molecular flexibility index (Phi) is 4.14. The molecule has 2 aromatic carbocycles. The maximum Gasteiger partial charge on any atom is 0.101 e. The number of nitrogens with zero attached hydrogens (tertiary/aromatic N) is 1. The Morgan fingerprint density at radius 1 is 1.17 bits per heavy atom. The predicted molar refractivity (Wildman–Crippen MR) is 76.6 cm³/mol. The third kappa shape index (κ3) is 3.19. The van der Waals surface area contributed by atoms with Crippen LogP contribution in [0.1, 0.15) is 11.1 Å². The summed E-state index contributed by atoms with van der Waals surface area (Å²) in [5.41, 5.74) is 8.01. The average molecular weight is 275 g/mol. The van der Waals surface area contributed by atoms with Gasteiger partial charge in [-0.05, 0) is 35.9 Å². The highest BCUT2D eigenvalue weighted by Crippen LogP contribution is 2.26. The summed E-state index contributed by atoms with van der Waals surface area (Å²) in [6.45, 7) is 0. The van der Waals surface area contributed by atoms with Crippen LogP contribution >= 0.6 is 23.4 Å². The van der Waals surface area contributed by atoms with Crippen molar-refractivity contribution in [2.75, 3.05) is 5.73 Å². The number of nitriles is 1. The standard InChI is InChI=1S/C14H11ClN2S/c15-12-4-1-10(2-5-12)9-18-13-6-3-11(8-16)14(17)7-13/h1-7H,9,17H2. The van der Waals surface area contributed by atoms with E-state index in [1.54, 1.807) is 17.8 Å². The molecule has 0 unspecified atom stereocenters. The van der Waals surface area contributed by atoms with Gasteiger partial charge in [-0.1, -0.05) is 23.7 Å². The summed E-state index contributed by atoms with van der Waals surface area (Å²) in [6, 6.07) is 15.3. The second kappa shape index (κ2) is 5.81. The van der Waals surface area contributed by atoms with Crippen molar-refractivity contribution in [1.29, 1.82) is 5.26 Å². The van der Waals surface area contributed by atoms with Crippen molar-refractivity contribution in [2.45, 2.75) is 10.6 Å². The van der Waals surface area contributed by atoms with Gasteiger partial charge in [0.25, 0.3) is 0 Å². The summed E-state index contributed by atoms with van der Waals surface area (Å²) < 4.78 is 0. The van der Waals surface area contributed by atoms with Gasteiger partial charge >= 0.3 is 0 Å². The maximum atomic E-state index is 8.79. The van der Waals surface area contributed by atoms with Crippen LogP contribution in [0.3, 0.4) is 0 Å². The van der Waals surface area contributed by atoms with Crippen molar-refractivity contribution >= 4 is 29.1 Å². The lowest BCUT2D eigenvalue weighted by Crippen LogP contribution is -1.90. The van der Waals surface area contributed by atoms with Gasteiger partial charge in [-0.3, -0.25) is 0 Å². The Labute approximate surface area is 115 Å². The molecule has 0 atom stereocenters. The molecule has 2 N–H and O–H groups in total. The van der Waals surface area contributed by atoms with Crippen LogP contribution in [0.4, 0.5) is 5.69 Å². The number of nitrogen functional groups attached to an aromatic ring is 1. The molecule has 0 aromatic heterocycles. The third-order valence-electron chi connectivity index (χ3n) is 2.46. The van der Waals surface area contributed by atoms with Gasteiger partial charge in [-0.15, -0.1) is 11.8 Å². The molecule has 0 amide bonds. The number of thioether (sulfide) groups is 1. The Morgan fingerprint density at radius 3 is 2.50 bits per heavy atom. The number of hydrogen-bond acceptors (Lipinski definition) is 3. The van der Waals surface area contributed by atoms with Crippen LogP contribution in [0.25, 0.3) is 0 Å². The Hall–Kier alpha value is -1.63. The van der Waals surface area contributed by atoms with Gasteiger partial charge in [0.05, 0.1) is 11.3 Å². The summed E-state index contributed by atoms with van der Waals surface area (Å²) in [5.74, 6) is 0.850. The first-order valence-corrected chi connectivity index (χ1v) is 6.72. The number of nitrogens with two attached hydrogens (primary N) is 1. The average Bonchev–Trinajstić information content (AvgIpc) is 2.38. The summed E-state index contributed by atoms with van der Waals surface area (Å²) in [6.07, 6.45) is 0. The van der Waals surface area contributed by atoms with Gasteiger partial charge in [0.1, 0.15) is 6.07 Å². The fraction of sp³-hybridized carbons (Fsp3) is 0.0714. The second-order valence-electron chi connectivity index (χ2n) is 3.78. The molecule has 0 bridgehead atoms. The third-order valence-corrected chi connectivity index (χ3v) is 3.78. The molecule has 0 heterocycles. The number of benzene rings is 2. The highest BCUT2D eigenvalue weighted by Gasteiger charge is 2.01. The monoisotopic (exact) mass is 274 g/mol. The first-order chi connectivity index (χ1) is 8.69. The molecular formula is C14H11ClN2S. The molecule has 0 aliphatic carbocycles. The summed E-state index contributed by atoms with van der Waals surface area (Å²) in [4.78, 5) is 1.06. The largest absolute Gasteiger partial charge is 0.398 e. The number of halogens is 1. The van der Waals surface area contributed by atoms with Gasteiger partial charge in [0, 0.05) is 15.7 Å². The van der Waals surface area contributed by atoms with Gasteiger partial charge in [0.2, 0.25) is 0 Å². The van der Waals surface area contributed by atoms with E-state index in [9.17, 15) is 0 Å². The predicted octanol–water partition coefficient (Wildman–Crippen LogP) is 4.09. The van der Waals surface area contributed by atoms with Crippen LogP contribution < -0.4 is 5.73 Å². The lowest BCUT2D eigenvalue weighted by Gasteiger charge is -2.04. The first-order valence-electron chi connectivity index (χ1n) is 5.36. The van der Waals surface area contributed by atoms with Crippen molar-refractivity contribution in [3.63, 3.8) is 0 Å². The molecule has 0 aliphatic rings. The van der Waals surface area contributed by atoms with Gasteiger partial charge in [-0.2, -0.15) is 5.26 Å². The quantitative estimate of drug-likeness (QED) is 0.677. The van der Waals surface area contributed by atoms with Crippen LogP contribution in [0, 0.1) is 11.3 Å². The van der Waals surface area contributed by atoms with Crippen LogP contribution in [0.15, 0.2) is 47.4 Å². The van der Waals surface area contributed by atoms with Crippen molar-refractivity contribution in [3.05, 3.63) is 58.6 Å². The molecule has 4 heteroatoms. The van der Waals surface area contributed by atoms with Gasteiger partial charge in [0.15, 0.2) is 0 Å². The molecule has 0 radical (unpaired) electrons. The van der Waals surface area contributed by atoms with Gasteiger partial charge in [-0.25, -0.2) is 0 Å². The fourth-order valence-electron chi connectivity index (χ4n) is 1.48. The zero-order chi connectivity index (χ0) is 13.0. The zero-order valence-corrected chi connectivity index (χ0v) is 11.1. The maximum absolute atomic E-state index is 8.79. The van der Waals surface area contributed by atoms with E-state index in [1.165, 1.54) is 5.56 Å². The molecular weight excluding hydrogens is 264 g/mol. The van der Waals surface area contributed by atoms with Gasteiger partial charge < -0.3 is 5.73 Å². The molecule has 0 fully saturated rings. The number of hydrogen-bond donors (Lipinski definition) is 1. The number of rotatable bonds is 3. The summed E-state index contributed by atoms with van der Waals surface area (Å²) >= 11 is 7.51. The van der Waals surface area contributed by atoms with Crippen molar-refractivity contribution < 1.29 is 0 Å². The molecule has 2 nitrogen and oxygen atoms in total. The molecule has 0 aliphatic heterocycles. The Balaban J connectivity index is 2.04. The smallest absolute Gasteiger partial charge is 0.101 e. The lowest BCUT2D eigenvalue weighted by atomic mass is 10.2. The lowest BCUT2D eigenvalue weighted by molar-refractivity contribution is 1.37. The highest BCUT2D eigenvalue weighted by molar-refractivity contribution is 7.98. The second-order valence-corrected chi connectivity index (χ2v) is 5.26.